The topological polar surface area (TPSA) is 86.7 Å². The summed E-state index contributed by atoms with van der Waals surface area (Å²) >= 11 is 0. The van der Waals surface area contributed by atoms with Crippen LogP contribution in [0.2, 0.25) is 0 Å². The van der Waals surface area contributed by atoms with Gasteiger partial charge in [-0.2, -0.15) is 0 Å². The van der Waals surface area contributed by atoms with Crippen LogP contribution in [0.5, 0.6) is 0 Å². The minimum Gasteiger partial charge on any atom is -0.481 e. The maximum Gasteiger partial charge on any atom is 0.308 e. The largest absolute Gasteiger partial charge is 0.481 e. The number of carbonyl (C=O) groups is 3. The lowest BCUT2D eigenvalue weighted by Gasteiger charge is -2.23. The predicted molar refractivity (Wildman–Crippen MR) is 85.3 cm³/mol. The van der Waals surface area contributed by atoms with Crippen LogP contribution < -0.4 is 5.32 Å². The van der Waals surface area contributed by atoms with Crippen molar-refractivity contribution >= 4 is 17.8 Å². The summed E-state index contributed by atoms with van der Waals surface area (Å²) in [7, 11) is 0. The van der Waals surface area contributed by atoms with Crippen LogP contribution in [0.15, 0.2) is 24.3 Å². The van der Waals surface area contributed by atoms with Crippen LogP contribution in [0, 0.1) is 5.92 Å². The Morgan fingerprint density at radius 3 is 2.61 bits per heavy atom. The van der Waals surface area contributed by atoms with Crippen LogP contribution in [-0.4, -0.2) is 46.9 Å². The number of carboxylic acid groups (broad SMARTS) is 1. The van der Waals surface area contributed by atoms with Crippen LogP contribution >= 0.6 is 0 Å². The highest BCUT2D eigenvalue weighted by Crippen LogP contribution is 2.26. The number of benzene rings is 1. The summed E-state index contributed by atoms with van der Waals surface area (Å²) in [6, 6.07) is 6.20. The Labute approximate surface area is 135 Å². The van der Waals surface area contributed by atoms with E-state index in [-0.39, 0.29) is 17.9 Å². The molecule has 0 spiro atoms. The third-order valence-corrected chi connectivity index (χ3v) is 4.24. The van der Waals surface area contributed by atoms with E-state index in [1.54, 1.807) is 36.1 Å². The van der Waals surface area contributed by atoms with Crippen molar-refractivity contribution in [1.82, 2.24) is 10.2 Å². The van der Waals surface area contributed by atoms with Gasteiger partial charge in [-0.1, -0.05) is 13.0 Å². The standard InChI is InChI=1S/C17H22N2O4/c1-3-8-18-15(20)12-5-4-6-13(10-12)16(21)19-9-7-14(11(19)2)17(22)23/h4-6,10-11,14H,3,7-9H2,1-2H3,(H,18,20)(H,22,23). The maximum absolute atomic E-state index is 12.6. The zero-order valence-corrected chi connectivity index (χ0v) is 13.4. The number of nitrogens with zero attached hydrogens (tertiary/aromatic N) is 1. The third kappa shape index (κ3) is 3.70. The molecule has 1 saturated heterocycles. The second-order valence-electron chi connectivity index (χ2n) is 5.81. The molecule has 1 aliphatic heterocycles. The molecule has 0 aromatic heterocycles. The van der Waals surface area contributed by atoms with Gasteiger partial charge in [-0.3, -0.25) is 14.4 Å². The lowest BCUT2D eigenvalue weighted by Crippen LogP contribution is -2.37. The summed E-state index contributed by atoms with van der Waals surface area (Å²) < 4.78 is 0. The predicted octanol–water partition coefficient (Wildman–Crippen LogP) is 1.76. The van der Waals surface area contributed by atoms with Gasteiger partial charge in [0, 0.05) is 30.3 Å². The molecule has 2 N–H and O–H groups in total. The lowest BCUT2D eigenvalue weighted by molar-refractivity contribution is -0.142. The van der Waals surface area contributed by atoms with Gasteiger partial charge in [-0.05, 0) is 38.0 Å². The van der Waals surface area contributed by atoms with Gasteiger partial charge in [0.25, 0.3) is 11.8 Å². The zero-order valence-electron chi connectivity index (χ0n) is 13.4. The van der Waals surface area contributed by atoms with Crippen LogP contribution in [-0.2, 0) is 4.79 Å². The lowest BCUT2D eigenvalue weighted by atomic mass is 10.0. The van der Waals surface area contributed by atoms with Gasteiger partial charge in [-0.25, -0.2) is 0 Å². The molecule has 6 nitrogen and oxygen atoms in total. The van der Waals surface area contributed by atoms with E-state index in [2.05, 4.69) is 5.32 Å². The summed E-state index contributed by atoms with van der Waals surface area (Å²) in [5.41, 5.74) is 0.845. The number of likely N-dealkylation sites (tertiary alicyclic amines) is 1. The van der Waals surface area contributed by atoms with Crippen molar-refractivity contribution in [1.29, 1.82) is 0 Å². The monoisotopic (exact) mass is 318 g/mol. The summed E-state index contributed by atoms with van der Waals surface area (Å²) in [4.78, 5) is 37.3. The molecule has 0 saturated carbocycles. The fourth-order valence-corrected chi connectivity index (χ4v) is 2.86. The molecule has 124 valence electrons. The summed E-state index contributed by atoms with van der Waals surface area (Å²) in [5, 5.41) is 11.9. The maximum atomic E-state index is 12.6. The number of aliphatic carboxylic acids is 1. The molecule has 1 aromatic rings. The van der Waals surface area contributed by atoms with Crippen molar-refractivity contribution in [3.05, 3.63) is 35.4 Å². The number of hydrogen-bond donors (Lipinski definition) is 2. The average Bonchev–Trinajstić information content (AvgIpc) is 2.93. The molecule has 0 bridgehead atoms. The van der Waals surface area contributed by atoms with Gasteiger partial charge >= 0.3 is 5.97 Å². The van der Waals surface area contributed by atoms with Crippen LogP contribution in [0.3, 0.4) is 0 Å². The molecular formula is C17H22N2O4. The Hall–Kier alpha value is -2.37. The molecule has 23 heavy (non-hydrogen) atoms. The number of amides is 2. The molecule has 1 aliphatic rings. The van der Waals surface area contributed by atoms with Crippen LogP contribution in [0.1, 0.15) is 47.4 Å². The highest BCUT2D eigenvalue weighted by Gasteiger charge is 2.38. The second kappa shape index (κ2) is 7.26. The Morgan fingerprint density at radius 2 is 2.00 bits per heavy atom. The molecule has 1 heterocycles. The minimum atomic E-state index is -0.875. The molecule has 2 rings (SSSR count). The zero-order chi connectivity index (χ0) is 17.0. The Morgan fingerprint density at radius 1 is 1.30 bits per heavy atom. The number of carboxylic acids is 1. The quantitative estimate of drug-likeness (QED) is 0.866. The molecule has 2 amide bonds. The molecule has 2 unspecified atom stereocenters. The first kappa shape index (κ1) is 17.0. The second-order valence-corrected chi connectivity index (χ2v) is 5.81. The molecule has 1 aromatic carbocycles. The van der Waals surface area contributed by atoms with E-state index in [0.717, 1.165) is 6.42 Å². The normalized spacial score (nSPS) is 20.3. The smallest absolute Gasteiger partial charge is 0.308 e. The van der Waals surface area contributed by atoms with Gasteiger partial charge in [-0.15, -0.1) is 0 Å². The first-order chi connectivity index (χ1) is 11.0. The summed E-state index contributed by atoms with van der Waals surface area (Å²) in [5.74, 6) is -1.85. The Bertz CT molecular complexity index is 614. The van der Waals surface area contributed by atoms with Gasteiger partial charge in [0.2, 0.25) is 0 Å². The van der Waals surface area contributed by atoms with Crippen molar-refractivity contribution in [3.63, 3.8) is 0 Å². The number of hydrogen-bond acceptors (Lipinski definition) is 3. The fraction of sp³-hybridized carbons (Fsp3) is 0.471. The Balaban J connectivity index is 2.14. The highest BCUT2D eigenvalue weighted by molar-refractivity contribution is 6.00. The van der Waals surface area contributed by atoms with Gasteiger partial charge in [0.05, 0.1) is 5.92 Å². The first-order valence-electron chi connectivity index (χ1n) is 7.87. The van der Waals surface area contributed by atoms with Gasteiger partial charge < -0.3 is 15.3 Å². The van der Waals surface area contributed by atoms with E-state index in [1.165, 1.54) is 0 Å². The number of carbonyl (C=O) groups excluding carboxylic acids is 2. The SMILES string of the molecule is CCCNC(=O)c1cccc(C(=O)N2CCC(C(=O)O)C2C)c1. The first-order valence-corrected chi connectivity index (χ1v) is 7.87. The molecule has 2 atom stereocenters. The highest BCUT2D eigenvalue weighted by atomic mass is 16.4. The van der Waals surface area contributed by atoms with Crippen molar-refractivity contribution in [2.24, 2.45) is 5.92 Å². The summed E-state index contributed by atoms with van der Waals surface area (Å²) in [6.45, 7) is 4.72. The van der Waals surface area contributed by atoms with Crippen LogP contribution in [0.25, 0.3) is 0 Å². The fourth-order valence-electron chi connectivity index (χ4n) is 2.86. The van der Waals surface area contributed by atoms with Crippen molar-refractivity contribution < 1.29 is 19.5 Å². The molecular weight excluding hydrogens is 296 g/mol. The van der Waals surface area contributed by atoms with E-state index in [4.69, 9.17) is 5.11 Å². The Kier molecular flexibility index (Phi) is 5.36. The van der Waals surface area contributed by atoms with Gasteiger partial charge in [0.1, 0.15) is 0 Å². The van der Waals surface area contributed by atoms with E-state index in [9.17, 15) is 14.4 Å². The average molecular weight is 318 g/mol. The van der Waals surface area contributed by atoms with Gasteiger partial charge in [0.15, 0.2) is 0 Å². The number of rotatable bonds is 5. The number of nitrogens with one attached hydrogen (secondary N) is 1. The third-order valence-electron chi connectivity index (χ3n) is 4.24. The van der Waals surface area contributed by atoms with Crippen molar-refractivity contribution in [2.75, 3.05) is 13.1 Å². The summed E-state index contributed by atoms with van der Waals surface area (Å²) in [6.07, 6.45) is 1.30. The van der Waals surface area contributed by atoms with E-state index in [0.29, 0.717) is 30.6 Å². The van der Waals surface area contributed by atoms with Crippen molar-refractivity contribution in [3.8, 4) is 0 Å². The molecule has 0 radical (unpaired) electrons. The van der Waals surface area contributed by atoms with Crippen LogP contribution in [0.4, 0.5) is 0 Å². The van der Waals surface area contributed by atoms with E-state index >= 15 is 0 Å². The minimum absolute atomic E-state index is 0.209. The van der Waals surface area contributed by atoms with Crippen molar-refractivity contribution in [2.45, 2.75) is 32.7 Å². The van der Waals surface area contributed by atoms with E-state index < -0.39 is 11.9 Å². The molecule has 0 aliphatic carbocycles. The molecule has 6 heteroatoms. The van der Waals surface area contributed by atoms with E-state index in [1.807, 2.05) is 6.92 Å². The molecule has 1 fully saturated rings.